The smallest absolute Gasteiger partial charge is 0.136 e. The first-order chi connectivity index (χ1) is 32.7. The Morgan fingerprint density at radius 3 is 1.70 bits per heavy atom. The molecule has 3 heterocycles. The molecule has 0 N–H and O–H groups in total. The van der Waals surface area contributed by atoms with Crippen LogP contribution in [0.3, 0.4) is 0 Å². The van der Waals surface area contributed by atoms with Crippen molar-refractivity contribution in [3.05, 3.63) is 241 Å². The number of furan rings is 1. The second-order valence-corrected chi connectivity index (χ2v) is 17.6. The number of benzene rings is 10. The summed E-state index contributed by atoms with van der Waals surface area (Å²) >= 11 is 0. The van der Waals surface area contributed by atoms with E-state index in [2.05, 4.69) is 240 Å². The van der Waals surface area contributed by atoms with Crippen LogP contribution in [0.2, 0.25) is 0 Å². The van der Waals surface area contributed by atoms with Gasteiger partial charge in [-0.3, -0.25) is 0 Å². The highest BCUT2D eigenvalue weighted by Gasteiger charge is 2.22. The quantitative estimate of drug-likeness (QED) is 0.169. The van der Waals surface area contributed by atoms with E-state index in [9.17, 15) is 0 Å². The van der Waals surface area contributed by atoms with Crippen molar-refractivity contribution in [2.24, 2.45) is 0 Å². The van der Waals surface area contributed by atoms with Crippen LogP contribution >= 0.6 is 0 Å². The molecule has 3 aromatic heterocycles. The maximum Gasteiger partial charge on any atom is 0.136 e. The van der Waals surface area contributed by atoms with Gasteiger partial charge in [0.2, 0.25) is 0 Å². The first-order valence-corrected chi connectivity index (χ1v) is 22.8. The number of hydrogen-bond donors (Lipinski definition) is 0. The van der Waals surface area contributed by atoms with Gasteiger partial charge in [-0.2, -0.15) is 0 Å². The molecule has 0 atom stereocenters. The average molecular weight is 841 g/mol. The third kappa shape index (κ3) is 5.63. The first-order valence-electron chi connectivity index (χ1n) is 22.8. The molecule has 3 heteroatoms. The van der Waals surface area contributed by atoms with E-state index in [-0.39, 0.29) is 0 Å². The molecule has 14 rings (SSSR count). The molecule has 1 aliphatic rings. The van der Waals surface area contributed by atoms with Crippen LogP contribution in [-0.2, 0) is 6.42 Å². The molecule has 0 amide bonds. The Morgan fingerprint density at radius 1 is 0.333 bits per heavy atom. The average Bonchev–Trinajstić information content (AvgIpc) is 3.99. The SMILES string of the molecule is C1=C(c2ccccc2)Cc2cc3c(cc2-c2ccccc21)c1cc(-c2ccc4oc5cccc(-c6ccc7c(c6)c6ccccc6n7-c6ccccc6)c5c4c2)ccc1n3-c1ccccc1. The van der Waals surface area contributed by atoms with Crippen molar-refractivity contribution in [3.63, 3.8) is 0 Å². The molecule has 0 fully saturated rings. The minimum Gasteiger partial charge on any atom is -0.456 e. The fourth-order valence-electron chi connectivity index (χ4n) is 10.9. The Kier molecular flexibility index (Phi) is 8.04. The second-order valence-electron chi connectivity index (χ2n) is 17.6. The van der Waals surface area contributed by atoms with Gasteiger partial charge in [0.25, 0.3) is 0 Å². The summed E-state index contributed by atoms with van der Waals surface area (Å²) in [6.45, 7) is 0. The zero-order chi connectivity index (χ0) is 43.3. The normalized spacial score (nSPS) is 12.6. The van der Waals surface area contributed by atoms with Crippen LogP contribution in [0.1, 0.15) is 16.7 Å². The molecule has 0 saturated carbocycles. The molecule has 0 spiro atoms. The van der Waals surface area contributed by atoms with Crippen molar-refractivity contribution in [1.82, 2.24) is 9.13 Å². The molecule has 308 valence electrons. The molecule has 3 nitrogen and oxygen atoms in total. The van der Waals surface area contributed by atoms with Crippen LogP contribution in [-0.4, -0.2) is 9.13 Å². The third-order valence-electron chi connectivity index (χ3n) is 13.9. The molecule has 13 aromatic rings. The summed E-state index contributed by atoms with van der Waals surface area (Å²) in [6.07, 6.45) is 3.23. The zero-order valence-corrected chi connectivity index (χ0v) is 35.9. The van der Waals surface area contributed by atoms with Crippen LogP contribution in [0, 0.1) is 0 Å². The van der Waals surface area contributed by atoms with E-state index in [1.54, 1.807) is 0 Å². The molecule has 10 aromatic carbocycles. The van der Waals surface area contributed by atoms with Crippen LogP contribution in [0.4, 0.5) is 0 Å². The fourth-order valence-corrected chi connectivity index (χ4v) is 10.9. The Morgan fingerprint density at radius 2 is 0.909 bits per heavy atom. The number of nitrogens with zero attached hydrogens (tertiary/aromatic N) is 2. The second kappa shape index (κ2) is 14.4. The largest absolute Gasteiger partial charge is 0.456 e. The van der Waals surface area contributed by atoms with Gasteiger partial charge < -0.3 is 13.6 Å². The molecule has 0 saturated heterocycles. The Hall–Kier alpha value is -8.66. The predicted molar refractivity (Wildman–Crippen MR) is 277 cm³/mol. The monoisotopic (exact) mass is 840 g/mol. The van der Waals surface area contributed by atoms with E-state index < -0.39 is 0 Å². The maximum absolute atomic E-state index is 6.62. The minimum absolute atomic E-state index is 0.844. The molecular formula is C63H40N2O. The van der Waals surface area contributed by atoms with Gasteiger partial charge in [0, 0.05) is 43.7 Å². The van der Waals surface area contributed by atoms with E-state index in [1.807, 2.05) is 0 Å². The van der Waals surface area contributed by atoms with Crippen LogP contribution in [0.15, 0.2) is 229 Å². The number of para-hydroxylation sites is 3. The molecule has 1 aliphatic carbocycles. The van der Waals surface area contributed by atoms with Gasteiger partial charge in [-0.25, -0.2) is 0 Å². The number of allylic oxidation sites excluding steroid dienone is 1. The van der Waals surface area contributed by atoms with Gasteiger partial charge >= 0.3 is 0 Å². The molecule has 0 unspecified atom stereocenters. The number of rotatable bonds is 5. The van der Waals surface area contributed by atoms with Crippen molar-refractivity contribution < 1.29 is 4.42 Å². The van der Waals surface area contributed by atoms with Crippen molar-refractivity contribution in [3.8, 4) is 44.8 Å². The third-order valence-corrected chi connectivity index (χ3v) is 13.9. The lowest BCUT2D eigenvalue weighted by molar-refractivity contribution is 0.669. The van der Waals surface area contributed by atoms with Gasteiger partial charge in [0.1, 0.15) is 11.2 Å². The highest BCUT2D eigenvalue weighted by Crippen LogP contribution is 2.45. The summed E-state index contributed by atoms with van der Waals surface area (Å²) in [5, 5.41) is 7.19. The lowest BCUT2D eigenvalue weighted by atomic mass is 9.92. The summed E-state index contributed by atoms with van der Waals surface area (Å²) in [7, 11) is 0. The van der Waals surface area contributed by atoms with Crippen LogP contribution in [0.5, 0.6) is 0 Å². The van der Waals surface area contributed by atoms with Gasteiger partial charge in [0.15, 0.2) is 0 Å². The lowest BCUT2D eigenvalue weighted by Crippen LogP contribution is -1.96. The Bertz CT molecular complexity index is 4110. The zero-order valence-electron chi connectivity index (χ0n) is 35.9. The maximum atomic E-state index is 6.62. The molecule has 0 aliphatic heterocycles. The van der Waals surface area contributed by atoms with Crippen molar-refractivity contribution in [2.45, 2.75) is 6.42 Å². The highest BCUT2D eigenvalue weighted by atomic mass is 16.3. The summed E-state index contributed by atoms with van der Waals surface area (Å²) < 4.78 is 11.4. The lowest BCUT2D eigenvalue weighted by Gasteiger charge is -2.13. The van der Waals surface area contributed by atoms with E-state index in [0.717, 1.165) is 50.9 Å². The summed E-state index contributed by atoms with van der Waals surface area (Å²) in [6, 6.07) is 81.9. The first kappa shape index (κ1) is 36.8. The van der Waals surface area contributed by atoms with Crippen molar-refractivity contribution >= 4 is 77.2 Å². The predicted octanol–water partition coefficient (Wildman–Crippen LogP) is 16.9. The Labute approximate surface area is 381 Å². The highest BCUT2D eigenvalue weighted by molar-refractivity contribution is 6.17. The summed E-state index contributed by atoms with van der Waals surface area (Å²) in [5.41, 5.74) is 21.2. The standard InChI is InChI=1S/C63H40N2O/c1-4-15-40(16-5-1)45-33-43-17-10-11-22-49(43)52-39-55-54-35-41(27-30-59(54)65(48-20-8-3-9-21-48)60(55)38-46(52)34-45)42-29-32-61-56(36-42)63-50(24-14-26-62(63)66-61)44-28-31-58-53(37-44)51-23-12-13-25-57(51)64(58)47-18-6-2-7-19-47/h1-33,35-39H,34H2. The van der Waals surface area contributed by atoms with Gasteiger partial charge in [-0.15, -0.1) is 0 Å². The van der Waals surface area contributed by atoms with E-state index in [4.69, 9.17) is 4.42 Å². The van der Waals surface area contributed by atoms with E-state index in [1.165, 1.54) is 88.1 Å². The Balaban J connectivity index is 0.945. The topological polar surface area (TPSA) is 23.0 Å². The summed E-state index contributed by atoms with van der Waals surface area (Å²) in [5.74, 6) is 0. The van der Waals surface area contributed by atoms with Gasteiger partial charge in [-0.05, 0) is 147 Å². The van der Waals surface area contributed by atoms with Crippen LogP contribution < -0.4 is 0 Å². The number of fused-ring (bicyclic) bond motifs is 12. The number of hydrogen-bond acceptors (Lipinski definition) is 1. The minimum atomic E-state index is 0.844. The van der Waals surface area contributed by atoms with Gasteiger partial charge in [-0.1, -0.05) is 146 Å². The summed E-state index contributed by atoms with van der Waals surface area (Å²) in [4.78, 5) is 0. The van der Waals surface area contributed by atoms with Gasteiger partial charge in [0.05, 0.1) is 22.1 Å². The van der Waals surface area contributed by atoms with E-state index >= 15 is 0 Å². The van der Waals surface area contributed by atoms with E-state index in [0.29, 0.717) is 0 Å². The van der Waals surface area contributed by atoms with Crippen molar-refractivity contribution in [2.75, 3.05) is 0 Å². The van der Waals surface area contributed by atoms with Crippen molar-refractivity contribution in [1.29, 1.82) is 0 Å². The number of aromatic nitrogens is 2. The molecule has 0 radical (unpaired) electrons. The molecule has 0 bridgehead atoms. The van der Waals surface area contributed by atoms with Crippen LogP contribution in [0.25, 0.3) is 122 Å². The fraction of sp³-hybridized carbons (Fsp3) is 0.0159. The molecule has 66 heavy (non-hydrogen) atoms. The molecular weight excluding hydrogens is 801 g/mol.